The maximum atomic E-state index is 11.4. The predicted molar refractivity (Wildman–Crippen MR) is 79.4 cm³/mol. The van der Waals surface area contributed by atoms with E-state index in [9.17, 15) is 9.90 Å². The molecule has 0 bridgehead atoms. The summed E-state index contributed by atoms with van der Waals surface area (Å²) in [6, 6.07) is 15.2. The quantitative estimate of drug-likeness (QED) is 0.662. The lowest BCUT2D eigenvalue weighted by Crippen LogP contribution is -2.08. The second kappa shape index (κ2) is 6.44. The molecule has 3 heteroatoms. The fourth-order valence-corrected chi connectivity index (χ4v) is 1.89. The Kier molecular flexibility index (Phi) is 4.41. The summed E-state index contributed by atoms with van der Waals surface area (Å²) in [4.78, 5) is 11.4. The van der Waals surface area contributed by atoms with Crippen LogP contribution in [0, 0.1) is 11.8 Å². The molecule has 0 heterocycles. The van der Waals surface area contributed by atoms with Crippen molar-refractivity contribution in [1.29, 1.82) is 0 Å². The van der Waals surface area contributed by atoms with Crippen LogP contribution < -0.4 is 5.32 Å². The summed E-state index contributed by atoms with van der Waals surface area (Å²) in [7, 11) is 0. The van der Waals surface area contributed by atoms with Crippen LogP contribution in [0.3, 0.4) is 0 Å². The molecule has 2 N–H and O–H groups in total. The average Bonchev–Trinajstić information content (AvgIpc) is 2.44. The van der Waals surface area contributed by atoms with Gasteiger partial charge in [0.05, 0.1) is 5.69 Å². The molecule has 0 unspecified atom stereocenters. The molecule has 0 fully saturated rings. The van der Waals surface area contributed by atoms with E-state index in [1.807, 2.05) is 36.4 Å². The molecule has 0 spiro atoms. The van der Waals surface area contributed by atoms with Crippen molar-refractivity contribution >= 4 is 11.6 Å². The molecule has 3 nitrogen and oxygen atoms in total. The van der Waals surface area contributed by atoms with E-state index in [1.54, 1.807) is 19.1 Å². The van der Waals surface area contributed by atoms with Gasteiger partial charge in [0, 0.05) is 0 Å². The van der Waals surface area contributed by atoms with E-state index in [0.29, 0.717) is 5.69 Å². The number of rotatable bonds is 3. The number of hydrogen-bond donors (Lipinski definition) is 2. The summed E-state index contributed by atoms with van der Waals surface area (Å²) in [6.07, 6.45) is 0.740. The van der Waals surface area contributed by atoms with Gasteiger partial charge >= 0.3 is 0 Å². The minimum Gasteiger partial charge on any atom is -0.506 e. The first-order chi connectivity index (χ1) is 9.69. The number of hydrogen-bond acceptors (Lipinski definition) is 2. The van der Waals surface area contributed by atoms with Crippen molar-refractivity contribution in [3.63, 3.8) is 0 Å². The number of carbonyl (C=O) groups is 1. The summed E-state index contributed by atoms with van der Waals surface area (Å²) in [6.45, 7) is 1.59. The highest BCUT2D eigenvalue weighted by molar-refractivity contribution is 6.04. The van der Waals surface area contributed by atoms with Crippen LogP contribution in [-0.2, 0) is 11.2 Å². The first kappa shape index (κ1) is 13.7. The lowest BCUT2D eigenvalue weighted by Gasteiger charge is -2.08. The van der Waals surface area contributed by atoms with E-state index in [1.165, 1.54) is 5.56 Å². The number of nitrogens with one attached hydrogen (secondary N) is 1. The van der Waals surface area contributed by atoms with Gasteiger partial charge in [-0.15, -0.1) is 0 Å². The maximum Gasteiger partial charge on any atom is 0.300 e. The van der Waals surface area contributed by atoms with Crippen molar-refractivity contribution in [1.82, 2.24) is 0 Å². The zero-order chi connectivity index (χ0) is 14.4. The summed E-state index contributed by atoms with van der Waals surface area (Å²) in [5.41, 5.74) is 2.56. The molecular formula is C17H15NO2. The standard InChI is InChI=1S/C17H15NO2/c1-2-6-17(20)18-15-12-14(9-10-16(15)19)11-13-7-4-3-5-8-13/h3-5,7-10,12,19H,11H2,1H3,(H,18,20). The molecule has 2 aromatic rings. The smallest absolute Gasteiger partial charge is 0.300 e. The van der Waals surface area contributed by atoms with Crippen LogP contribution in [0.2, 0.25) is 0 Å². The van der Waals surface area contributed by atoms with Gasteiger partial charge < -0.3 is 10.4 Å². The lowest BCUT2D eigenvalue weighted by molar-refractivity contribution is -0.111. The Balaban J connectivity index is 2.19. The van der Waals surface area contributed by atoms with Crippen LogP contribution in [0.25, 0.3) is 0 Å². The molecule has 20 heavy (non-hydrogen) atoms. The molecular weight excluding hydrogens is 250 g/mol. The zero-order valence-electron chi connectivity index (χ0n) is 11.2. The average molecular weight is 265 g/mol. The van der Waals surface area contributed by atoms with Crippen molar-refractivity contribution in [2.75, 3.05) is 5.32 Å². The van der Waals surface area contributed by atoms with Gasteiger partial charge in [-0.1, -0.05) is 42.3 Å². The van der Waals surface area contributed by atoms with Gasteiger partial charge in [0.2, 0.25) is 0 Å². The van der Waals surface area contributed by atoms with Crippen molar-refractivity contribution in [3.05, 3.63) is 59.7 Å². The van der Waals surface area contributed by atoms with Crippen LogP contribution in [0.15, 0.2) is 48.5 Å². The SMILES string of the molecule is CC#CC(=O)Nc1cc(Cc2ccccc2)ccc1O. The van der Waals surface area contributed by atoms with Gasteiger partial charge in [-0.3, -0.25) is 4.79 Å². The number of benzene rings is 2. The Hall–Kier alpha value is -2.73. The molecule has 0 saturated heterocycles. The molecule has 0 atom stereocenters. The van der Waals surface area contributed by atoms with E-state index >= 15 is 0 Å². The molecule has 0 radical (unpaired) electrons. The minimum atomic E-state index is -0.431. The molecule has 2 aromatic carbocycles. The molecule has 0 saturated carbocycles. The van der Waals surface area contributed by atoms with Gasteiger partial charge in [-0.2, -0.15) is 0 Å². The van der Waals surface area contributed by atoms with E-state index in [2.05, 4.69) is 17.2 Å². The number of aromatic hydroxyl groups is 1. The third kappa shape index (κ3) is 3.63. The summed E-state index contributed by atoms with van der Waals surface area (Å²) in [5, 5.41) is 12.3. The summed E-state index contributed by atoms with van der Waals surface area (Å²) in [5.74, 6) is 4.50. The second-order valence-corrected chi connectivity index (χ2v) is 4.34. The van der Waals surface area contributed by atoms with Gasteiger partial charge in [-0.05, 0) is 42.5 Å². The Morgan fingerprint density at radius 1 is 1.15 bits per heavy atom. The van der Waals surface area contributed by atoms with Gasteiger partial charge in [0.1, 0.15) is 5.75 Å². The highest BCUT2D eigenvalue weighted by atomic mass is 16.3. The summed E-state index contributed by atoms with van der Waals surface area (Å²) < 4.78 is 0. The topological polar surface area (TPSA) is 49.3 Å². The maximum absolute atomic E-state index is 11.4. The Morgan fingerprint density at radius 2 is 1.90 bits per heavy atom. The first-order valence-corrected chi connectivity index (χ1v) is 6.28. The number of phenols is 1. The van der Waals surface area contributed by atoms with E-state index < -0.39 is 5.91 Å². The largest absolute Gasteiger partial charge is 0.506 e. The van der Waals surface area contributed by atoms with Crippen LogP contribution in [0.5, 0.6) is 5.75 Å². The third-order valence-electron chi connectivity index (χ3n) is 2.80. The fourth-order valence-electron chi connectivity index (χ4n) is 1.89. The normalized spacial score (nSPS) is 9.45. The van der Waals surface area contributed by atoms with Crippen molar-refractivity contribution < 1.29 is 9.90 Å². The highest BCUT2D eigenvalue weighted by Crippen LogP contribution is 2.25. The monoisotopic (exact) mass is 265 g/mol. The lowest BCUT2D eigenvalue weighted by atomic mass is 10.0. The molecule has 2 rings (SSSR count). The molecule has 0 aliphatic rings. The molecule has 100 valence electrons. The van der Waals surface area contributed by atoms with Crippen molar-refractivity contribution in [2.45, 2.75) is 13.3 Å². The second-order valence-electron chi connectivity index (χ2n) is 4.34. The third-order valence-corrected chi connectivity index (χ3v) is 2.80. The minimum absolute atomic E-state index is 0.0352. The van der Waals surface area contributed by atoms with Gasteiger partial charge in [0.15, 0.2) is 0 Å². The van der Waals surface area contributed by atoms with E-state index in [-0.39, 0.29) is 5.75 Å². The Labute approximate surface area is 118 Å². The molecule has 0 aliphatic carbocycles. The fraction of sp³-hybridized carbons (Fsp3) is 0.118. The Morgan fingerprint density at radius 3 is 2.60 bits per heavy atom. The number of anilines is 1. The molecule has 0 aliphatic heterocycles. The van der Waals surface area contributed by atoms with Gasteiger partial charge in [-0.25, -0.2) is 0 Å². The van der Waals surface area contributed by atoms with E-state index in [0.717, 1.165) is 12.0 Å². The van der Waals surface area contributed by atoms with Crippen molar-refractivity contribution in [2.24, 2.45) is 0 Å². The number of phenolic OH excluding ortho intramolecular Hbond substituents is 1. The van der Waals surface area contributed by atoms with Crippen LogP contribution in [0.4, 0.5) is 5.69 Å². The van der Waals surface area contributed by atoms with Gasteiger partial charge in [0.25, 0.3) is 5.91 Å². The highest BCUT2D eigenvalue weighted by Gasteiger charge is 2.06. The number of carbonyl (C=O) groups excluding carboxylic acids is 1. The molecule has 0 aromatic heterocycles. The first-order valence-electron chi connectivity index (χ1n) is 6.28. The molecule has 1 amide bonds. The number of amides is 1. The zero-order valence-corrected chi connectivity index (χ0v) is 11.2. The van der Waals surface area contributed by atoms with Crippen molar-refractivity contribution in [3.8, 4) is 17.6 Å². The van der Waals surface area contributed by atoms with Crippen LogP contribution in [-0.4, -0.2) is 11.0 Å². The summed E-state index contributed by atoms with van der Waals surface area (Å²) >= 11 is 0. The van der Waals surface area contributed by atoms with Crippen LogP contribution >= 0.6 is 0 Å². The predicted octanol–water partition coefficient (Wildman–Crippen LogP) is 2.94. The van der Waals surface area contributed by atoms with Crippen LogP contribution in [0.1, 0.15) is 18.1 Å². The Bertz CT molecular complexity index is 666. The van der Waals surface area contributed by atoms with E-state index in [4.69, 9.17) is 0 Å².